The van der Waals surface area contributed by atoms with Crippen molar-refractivity contribution < 1.29 is 17.9 Å². The molecule has 1 aromatic heterocycles. The highest BCUT2D eigenvalue weighted by Gasteiger charge is 2.16. The fourth-order valence-corrected chi connectivity index (χ4v) is 3.79. The predicted octanol–water partition coefficient (Wildman–Crippen LogP) is 3.01. The quantitative estimate of drug-likeness (QED) is 0.252. The van der Waals surface area contributed by atoms with Crippen molar-refractivity contribution in [3.63, 3.8) is 0 Å². The lowest BCUT2D eigenvalue weighted by molar-refractivity contribution is -0.135. The molecule has 0 amide bonds. The summed E-state index contributed by atoms with van der Waals surface area (Å²) >= 11 is 0. The van der Waals surface area contributed by atoms with E-state index in [1.165, 1.54) is 12.1 Å². The first-order valence-electron chi connectivity index (χ1n) is 10.6. The van der Waals surface area contributed by atoms with Gasteiger partial charge in [0.25, 0.3) is 0 Å². The number of aromatic nitrogens is 2. The van der Waals surface area contributed by atoms with Crippen molar-refractivity contribution in [2.45, 2.75) is 17.4 Å². The Labute approximate surface area is 202 Å². The number of benzene rings is 3. The van der Waals surface area contributed by atoms with Crippen molar-refractivity contribution >= 4 is 27.6 Å². The maximum absolute atomic E-state index is 12.3. The van der Waals surface area contributed by atoms with Gasteiger partial charge in [-0.05, 0) is 66.6 Å². The second-order valence-corrected chi connectivity index (χ2v) is 9.26. The molecule has 4 rings (SSSR count). The summed E-state index contributed by atoms with van der Waals surface area (Å²) in [6.45, 7) is 0. The van der Waals surface area contributed by atoms with Crippen LogP contribution in [0.25, 0.3) is 11.3 Å². The van der Waals surface area contributed by atoms with E-state index in [2.05, 4.69) is 15.3 Å². The molecule has 35 heavy (non-hydrogen) atoms. The lowest BCUT2D eigenvalue weighted by Gasteiger charge is -2.12. The number of hydrogen-bond donors (Lipinski definition) is 3. The summed E-state index contributed by atoms with van der Waals surface area (Å²) in [5, 5.41) is 8.14. The zero-order valence-electron chi connectivity index (χ0n) is 18.5. The van der Waals surface area contributed by atoms with E-state index >= 15 is 0 Å². The summed E-state index contributed by atoms with van der Waals surface area (Å²) < 4.78 is 28.2. The molecule has 0 bridgehead atoms. The van der Waals surface area contributed by atoms with Crippen molar-refractivity contribution in [2.75, 3.05) is 5.32 Å². The lowest BCUT2D eigenvalue weighted by atomic mass is 10.1. The highest BCUT2D eigenvalue weighted by Crippen LogP contribution is 2.23. The smallest absolute Gasteiger partial charge is 0.328 e. The highest BCUT2D eigenvalue weighted by atomic mass is 32.2. The van der Waals surface area contributed by atoms with Crippen molar-refractivity contribution in [1.29, 1.82) is 0 Å². The van der Waals surface area contributed by atoms with E-state index in [1.54, 1.807) is 48.7 Å². The average molecular weight is 490 g/mol. The van der Waals surface area contributed by atoms with E-state index in [0.29, 0.717) is 29.5 Å². The molecule has 0 aliphatic carbocycles. The molecule has 0 aliphatic heterocycles. The number of rotatable bonds is 8. The van der Waals surface area contributed by atoms with Gasteiger partial charge in [-0.1, -0.05) is 30.3 Å². The molecule has 0 radical (unpaired) electrons. The van der Waals surface area contributed by atoms with E-state index in [-0.39, 0.29) is 4.90 Å². The number of primary sulfonamides is 1. The summed E-state index contributed by atoms with van der Waals surface area (Å²) in [5.74, 6) is 0.196. The predicted molar refractivity (Wildman–Crippen MR) is 132 cm³/mol. The summed E-state index contributed by atoms with van der Waals surface area (Å²) in [4.78, 5) is 21.0. The van der Waals surface area contributed by atoms with Crippen molar-refractivity contribution in [3.8, 4) is 17.0 Å². The third-order valence-electron chi connectivity index (χ3n) is 5.06. The van der Waals surface area contributed by atoms with Crippen LogP contribution in [0.2, 0.25) is 0 Å². The molecule has 1 atom stereocenters. The van der Waals surface area contributed by atoms with E-state index in [1.807, 2.05) is 30.3 Å². The number of anilines is 2. The molecule has 0 saturated heterocycles. The lowest BCUT2D eigenvalue weighted by Crippen LogP contribution is -2.36. The maximum atomic E-state index is 12.3. The monoisotopic (exact) mass is 489 g/mol. The Morgan fingerprint density at radius 2 is 1.63 bits per heavy atom. The summed E-state index contributed by atoms with van der Waals surface area (Å²) in [5.41, 5.74) is 8.98. The molecule has 9 nitrogen and oxygen atoms in total. The zero-order chi connectivity index (χ0) is 24.8. The molecule has 1 heterocycles. The van der Waals surface area contributed by atoms with Crippen LogP contribution in [0, 0.1) is 0 Å². The Hall–Kier alpha value is -4.12. The first-order valence-corrected chi connectivity index (χ1v) is 12.2. The van der Waals surface area contributed by atoms with Gasteiger partial charge in [0.15, 0.2) is 0 Å². The van der Waals surface area contributed by atoms with Gasteiger partial charge in [-0.3, -0.25) is 0 Å². The van der Waals surface area contributed by atoms with Gasteiger partial charge in [-0.2, -0.15) is 0 Å². The van der Waals surface area contributed by atoms with Gasteiger partial charge in [0.1, 0.15) is 11.8 Å². The van der Waals surface area contributed by atoms with E-state index in [0.717, 1.165) is 11.1 Å². The van der Waals surface area contributed by atoms with E-state index in [9.17, 15) is 13.2 Å². The van der Waals surface area contributed by atoms with E-state index in [4.69, 9.17) is 15.6 Å². The number of carbonyl (C=O) groups excluding carboxylic acids is 1. The molecule has 178 valence electrons. The average Bonchev–Trinajstić information content (AvgIpc) is 2.85. The van der Waals surface area contributed by atoms with Crippen LogP contribution in [0.5, 0.6) is 5.75 Å². The molecule has 0 fully saturated rings. The Morgan fingerprint density at radius 3 is 2.29 bits per heavy atom. The van der Waals surface area contributed by atoms with E-state index < -0.39 is 22.0 Å². The molecule has 4 aromatic rings. The van der Waals surface area contributed by atoms with Crippen LogP contribution in [-0.4, -0.2) is 30.4 Å². The van der Waals surface area contributed by atoms with Gasteiger partial charge in [0.05, 0.1) is 10.6 Å². The zero-order valence-corrected chi connectivity index (χ0v) is 19.4. The third kappa shape index (κ3) is 6.48. The fourth-order valence-electron chi connectivity index (χ4n) is 3.27. The van der Waals surface area contributed by atoms with Gasteiger partial charge in [-0.25, -0.2) is 28.3 Å². The standard InChI is InChI=1S/C25H23N5O4S/c26-22(16-17-4-2-1-3-5-17)24(31)34-20-10-6-18(7-11-20)23-14-15-28-25(30-23)29-19-8-12-21(13-9-19)35(27,32)33/h1-15,22H,16,26H2,(H2,27,32,33)(H,28,29,30)/t22-/m0/s1. The van der Waals surface area contributed by atoms with Crippen LogP contribution in [0.15, 0.2) is 96.0 Å². The molecule has 3 aromatic carbocycles. The van der Waals surface area contributed by atoms with Crippen molar-refractivity contribution in [1.82, 2.24) is 9.97 Å². The number of nitrogens with two attached hydrogens (primary N) is 2. The molecular formula is C25H23N5O4S. The normalized spacial score (nSPS) is 12.1. The largest absolute Gasteiger partial charge is 0.425 e. The highest BCUT2D eigenvalue weighted by molar-refractivity contribution is 7.89. The molecular weight excluding hydrogens is 466 g/mol. The van der Waals surface area contributed by atoms with Crippen molar-refractivity contribution in [2.24, 2.45) is 10.9 Å². The maximum Gasteiger partial charge on any atom is 0.328 e. The van der Waals surface area contributed by atoms with Crippen LogP contribution in [0.3, 0.4) is 0 Å². The summed E-state index contributed by atoms with van der Waals surface area (Å²) in [6.07, 6.45) is 1.99. The number of ether oxygens (including phenoxy) is 1. The van der Waals surface area contributed by atoms with Crippen LogP contribution in [0.4, 0.5) is 11.6 Å². The second kappa shape index (κ2) is 10.4. The molecule has 0 saturated carbocycles. The number of nitrogens with one attached hydrogen (secondary N) is 1. The second-order valence-electron chi connectivity index (χ2n) is 7.70. The van der Waals surface area contributed by atoms with Gasteiger partial charge in [0.2, 0.25) is 16.0 Å². The van der Waals surface area contributed by atoms with Gasteiger partial charge in [0, 0.05) is 17.4 Å². The topological polar surface area (TPSA) is 150 Å². The molecule has 10 heteroatoms. The molecule has 0 aliphatic rings. The minimum Gasteiger partial charge on any atom is -0.425 e. The van der Waals surface area contributed by atoms with Gasteiger partial charge in [-0.15, -0.1) is 0 Å². The Kier molecular flexibility index (Phi) is 7.16. The van der Waals surface area contributed by atoms with Crippen molar-refractivity contribution in [3.05, 3.63) is 96.7 Å². The minimum atomic E-state index is -3.76. The number of sulfonamides is 1. The van der Waals surface area contributed by atoms with Crippen LogP contribution < -0.4 is 20.9 Å². The third-order valence-corrected chi connectivity index (χ3v) is 5.99. The van der Waals surface area contributed by atoms with Crippen LogP contribution in [0.1, 0.15) is 5.56 Å². The SMILES string of the molecule is N[C@@H](Cc1ccccc1)C(=O)Oc1ccc(-c2ccnc(Nc3ccc(S(N)(=O)=O)cc3)n2)cc1. The van der Waals surface area contributed by atoms with Crippen LogP contribution in [-0.2, 0) is 21.2 Å². The Morgan fingerprint density at radius 1 is 0.943 bits per heavy atom. The number of hydrogen-bond acceptors (Lipinski definition) is 8. The molecule has 5 N–H and O–H groups in total. The number of nitrogens with zero attached hydrogens (tertiary/aromatic N) is 2. The van der Waals surface area contributed by atoms with Gasteiger partial charge < -0.3 is 15.8 Å². The minimum absolute atomic E-state index is 0.0135. The fraction of sp³-hybridized carbons (Fsp3) is 0.0800. The van der Waals surface area contributed by atoms with Crippen LogP contribution >= 0.6 is 0 Å². The van der Waals surface area contributed by atoms with Gasteiger partial charge >= 0.3 is 5.97 Å². The molecule has 0 spiro atoms. The number of carbonyl (C=O) groups is 1. The summed E-state index contributed by atoms with van der Waals surface area (Å²) in [7, 11) is -3.76. The number of esters is 1. The Balaban J connectivity index is 1.40. The molecule has 0 unspecified atom stereocenters. The summed E-state index contributed by atoms with van der Waals surface area (Å²) in [6, 6.07) is 23.3. The first-order chi connectivity index (χ1) is 16.8. The first kappa shape index (κ1) is 24.0. The Bertz CT molecular complexity index is 1410.